The van der Waals surface area contributed by atoms with Crippen LogP contribution in [0.3, 0.4) is 0 Å². The number of fused-ring (bicyclic) bond motifs is 1. The number of nitrogens with zero attached hydrogens (tertiary/aromatic N) is 1. The summed E-state index contributed by atoms with van der Waals surface area (Å²) in [6.45, 7) is 5.73. The average Bonchev–Trinajstić information content (AvgIpc) is 2.73. The lowest BCUT2D eigenvalue weighted by Crippen LogP contribution is -2.42. The van der Waals surface area contributed by atoms with Gasteiger partial charge in [-0.3, -0.25) is 0 Å². The number of piperidine rings is 1. The lowest BCUT2D eigenvalue weighted by Gasteiger charge is -2.29. The molecule has 0 aromatic carbocycles. The summed E-state index contributed by atoms with van der Waals surface area (Å²) in [7, 11) is 0. The van der Waals surface area contributed by atoms with Crippen molar-refractivity contribution in [1.82, 2.24) is 4.90 Å². The molecule has 0 N–H and O–H groups in total. The van der Waals surface area contributed by atoms with Crippen LogP contribution in [0, 0.1) is 5.92 Å². The fraction of sp³-hybridized carbons (Fsp3) is 0.909. The molecule has 4 heteroatoms. The van der Waals surface area contributed by atoms with Crippen LogP contribution in [-0.4, -0.2) is 34.0 Å². The fourth-order valence-electron chi connectivity index (χ4n) is 2.30. The number of carbonyl (C=O) groups excluding carboxylic acids is 1. The van der Waals surface area contributed by atoms with Gasteiger partial charge in [0, 0.05) is 17.4 Å². The predicted octanol–water partition coefficient (Wildman–Crippen LogP) is 2.78. The number of carbonyl (C=O) groups is 1. The Hall–Kier alpha value is -0.250. The molecular formula is C11H18BrNO2. The van der Waals surface area contributed by atoms with Gasteiger partial charge in [0.05, 0.1) is 0 Å². The summed E-state index contributed by atoms with van der Waals surface area (Å²) in [5.74, 6) is 0.736. The zero-order valence-electron chi connectivity index (χ0n) is 9.50. The van der Waals surface area contributed by atoms with Crippen molar-refractivity contribution in [2.24, 2.45) is 5.92 Å². The Kier molecular flexibility index (Phi) is 2.73. The van der Waals surface area contributed by atoms with Crippen LogP contribution in [0.4, 0.5) is 4.79 Å². The van der Waals surface area contributed by atoms with Gasteiger partial charge in [-0.1, -0.05) is 15.9 Å². The highest BCUT2D eigenvalue weighted by Gasteiger charge is 2.54. The van der Waals surface area contributed by atoms with Crippen molar-refractivity contribution in [3.05, 3.63) is 0 Å². The zero-order valence-corrected chi connectivity index (χ0v) is 11.1. The first-order valence-electron chi connectivity index (χ1n) is 5.49. The van der Waals surface area contributed by atoms with Crippen LogP contribution in [0.1, 0.15) is 33.6 Å². The Balaban J connectivity index is 1.99. The van der Waals surface area contributed by atoms with E-state index in [2.05, 4.69) is 15.9 Å². The third kappa shape index (κ3) is 2.30. The summed E-state index contributed by atoms with van der Waals surface area (Å²) in [5, 5.41) is 0.860. The van der Waals surface area contributed by atoms with E-state index >= 15 is 0 Å². The van der Waals surface area contributed by atoms with Gasteiger partial charge in [-0.05, 0) is 39.5 Å². The van der Waals surface area contributed by atoms with Gasteiger partial charge < -0.3 is 9.64 Å². The first-order valence-corrected chi connectivity index (χ1v) is 6.62. The molecule has 0 radical (unpaired) electrons. The number of amides is 1. The summed E-state index contributed by atoms with van der Waals surface area (Å²) < 4.78 is 5.42. The second kappa shape index (κ2) is 3.65. The largest absolute Gasteiger partial charge is 0.444 e. The summed E-state index contributed by atoms with van der Waals surface area (Å²) in [6, 6.07) is 0.797. The first kappa shape index (κ1) is 11.2. The maximum atomic E-state index is 12.0. The molecule has 0 spiro atoms. The molecule has 15 heavy (non-hydrogen) atoms. The lowest BCUT2D eigenvalue weighted by molar-refractivity contribution is 0.0203. The Morgan fingerprint density at radius 1 is 1.47 bits per heavy atom. The van der Waals surface area contributed by atoms with E-state index < -0.39 is 0 Å². The molecule has 0 aromatic heterocycles. The average molecular weight is 276 g/mol. The Labute approximate surface area is 99.3 Å². The molecule has 1 saturated carbocycles. The molecule has 1 amide bonds. The van der Waals surface area contributed by atoms with Crippen molar-refractivity contribution < 1.29 is 9.53 Å². The van der Waals surface area contributed by atoms with Gasteiger partial charge in [-0.25, -0.2) is 4.79 Å². The van der Waals surface area contributed by atoms with Gasteiger partial charge in [0.1, 0.15) is 5.60 Å². The molecule has 3 nitrogen and oxygen atoms in total. The second-order valence-corrected chi connectivity index (χ2v) is 6.14. The van der Waals surface area contributed by atoms with Crippen molar-refractivity contribution in [1.29, 1.82) is 0 Å². The van der Waals surface area contributed by atoms with E-state index in [0.717, 1.165) is 17.7 Å². The molecule has 86 valence electrons. The number of alkyl halides is 1. The SMILES string of the molecule is CC(C)(C)OC(=O)N1[C@H](CBr)C[C@H]2C[C@H]21. The maximum Gasteiger partial charge on any atom is 0.410 e. The number of rotatable bonds is 1. The number of likely N-dealkylation sites (tertiary alicyclic amines) is 1. The standard InChI is InChI=1S/C11H18BrNO2/c1-11(2,3)15-10(14)13-8(6-12)4-7-5-9(7)13/h7-9H,4-6H2,1-3H3/t7-,8-,9+/m0/s1. The molecule has 0 unspecified atom stereocenters. The molecule has 1 aliphatic heterocycles. The van der Waals surface area contributed by atoms with Gasteiger partial charge in [0.25, 0.3) is 0 Å². The quantitative estimate of drug-likeness (QED) is 0.689. The van der Waals surface area contributed by atoms with E-state index in [1.165, 1.54) is 6.42 Å². The van der Waals surface area contributed by atoms with Crippen LogP contribution in [0.2, 0.25) is 0 Å². The van der Waals surface area contributed by atoms with E-state index in [1.54, 1.807) is 0 Å². The van der Waals surface area contributed by atoms with Crippen LogP contribution >= 0.6 is 15.9 Å². The topological polar surface area (TPSA) is 29.5 Å². The molecule has 3 atom stereocenters. The number of halogens is 1. The van der Waals surface area contributed by atoms with E-state index in [9.17, 15) is 4.79 Å². The van der Waals surface area contributed by atoms with E-state index in [-0.39, 0.29) is 11.7 Å². The predicted molar refractivity (Wildman–Crippen MR) is 62.2 cm³/mol. The third-order valence-electron chi connectivity index (χ3n) is 2.99. The van der Waals surface area contributed by atoms with Crippen molar-refractivity contribution >= 4 is 22.0 Å². The van der Waals surface area contributed by atoms with Crippen LogP contribution in [-0.2, 0) is 4.74 Å². The second-order valence-electron chi connectivity index (χ2n) is 5.49. The minimum atomic E-state index is -0.388. The van der Waals surface area contributed by atoms with Gasteiger partial charge in [-0.2, -0.15) is 0 Å². The monoisotopic (exact) mass is 275 g/mol. The fourth-order valence-corrected chi connectivity index (χ4v) is 2.87. The number of hydrogen-bond donors (Lipinski definition) is 0. The molecule has 0 aromatic rings. The molecule has 2 aliphatic rings. The van der Waals surface area contributed by atoms with Gasteiger partial charge >= 0.3 is 6.09 Å². The van der Waals surface area contributed by atoms with E-state index in [4.69, 9.17) is 4.74 Å². The summed E-state index contributed by atoms with van der Waals surface area (Å²) in [4.78, 5) is 13.9. The number of hydrogen-bond acceptors (Lipinski definition) is 2. The number of ether oxygens (including phenoxy) is 1. The van der Waals surface area contributed by atoms with Crippen molar-refractivity contribution in [3.63, 3.8) is 0 Å². The highest BCUT2D eigenvalue weighted by molar-refractivity contribution is 9.09. The molecule has 2 fully saturated rings. The Bertz CT molecular complexity index is 274. The summed E-state index contributed by atoms with van der Waals surface area (Å²) in [5.41, 5.74) is -0.388. The maximum absolute atomic E-state index is 12.0. The Morgan fingerprint density at radius 2 is 2.13 bits per heavy atom. The first-order chi connectivity index (χ1) is 6.92. The van der Waals surface area contributed by atoms with Crippen LogP contribution in [0.25, 0.3) is 0 Å². The zero-order chi connectivity index (χ0) is 11.2. The normalized spacial score (nSPS) is 33.9. The van der Waals surface area contributed by atoms with Crippen LogP contribution in [0.5, 0.6) is 0 Å². The van der Waals surface area contributed by atoms with E-state index in [0.29, 0.717) is 12.1 Å². The molecule has 1 heterocycles. The van der Waals surface area contributed by atoms with Crippen LogP contribution < -0.4 is 0 Å². The Morgan fingerprint density at radius 3 is 2.67 bits per heavy atom. The highest BCUT2D eigenvalue weighted by Crippen LogP contribution is 2.48. The molecule has 1 aliphatic carbocycles. The van der Waals surface area contributed by atoms with Gasteiger partial charge in [-0.15, -0.1) is 0 Å². The van der Waals surface area contributed by atoms with Gasteiger partial charge in [0.15, 0.2) is 0 Å². The van der Waals surface area contributed by atoms with E-state index in [1.807, 2.05) is 25.7 Å². The molecular weight excluding hydrogens is 258 g/mol. The van der Waals surface area contributed by atoms with Crippen molar-refractivity contribution in [2.75, 3.05) is 5.33 Å². The van der Waals surface area contributed by atoms with Crippen molar-refractivity contribution in [3.8, 4) is 0 Å². The third-order valence-corrected chi connectivity index (χ3v) is 3.74. The minimum Gasteiger partial charge on any atom is -0.444 e. The minimum absolute atomic E-state index is 0.142. The van der Waals surface area contributed by atoms with Crippen LogP contribution in [0.15, 0.2) is 0 Å². The highest BCUT2D eigenvalue weighted by atomic mass is 79.9. The summed E-state index contributed by atoms with van der Waals surface area (Å²) >= 11 is 3.46. The molecule has 0 bridgehead atoms. The molecule has 1 saturated heterocycles. The summed E-state index contributed by atoms with van der Waals surface area (Å²) in [6.07, 6.45) is 2.16. The molecule has 2 rings (SSSR count). The smallest absolute Gasteiger partial charge is 0.410 e. The van der Waals surface area contributed by atoms with Gasteiger partial charge in [0.2, 0.25) is 0 Å². The lowest BCUT2D eigenvalue weighted by atomic mass is 10.2. The van der Waals surface area contributed by atoms with Crippen molar-refractivity contribution in [2.45, 2.75) is 51.3 Å².